The van der Waals surface area contributed by atoms with Crippen LogP contribution in [0.25, 0.3) is 10.9 Å². The van der Waals surface area contributed by atoms with Crippen LogP contribution in [0, 0.1) is 5.41 Å². The lowest BCUT2D eigenvalue weighted by atomic mass is 9.76. The lowest BCUT2D eigenvalue weighted by molar-refractivity contribution is 0.0781. The maximum Gasteiger partial charge on any atom is 0.0507 e. The van der Waals surface area contributed by atoms with Crippen molar-refractivity contribution >= 4 is 10.9 Å². The molecule has 0 saturated carbocycles. The highest BCUT2D eigenvalue weighted by Crippen LogP contribution is 2.46. The first-order valence-corrected chi connectivity index (χ1v) is 8.71. The van der Waals surface area contributed by atoms with E-state index in [4.69, 9.17) is 0 Å². The van der Waals surface area contributed by atoms with Crippen LogP contribution in [0.4, 0.5) is 0 Å². The van der Waals surface area contributed by atoms with E-state index in [0.717, 1.165) is 32.2 Å². The Balaban J connectivity index is 1.80. The molecule has 0 spiro atoms. The number of aromatic amines is 1. The van der Waals surface area contributed by atoms with Gasteiger partial charge in [0.25, 0.3) is 0 Å². The van der Waals surface area contributed by atoms with Crippen LogP contribution in [-0.2, 0) is 6.42 Å². The number of fused-ring (bicyclic) bond motifs is 5. The summed E-state index contributed by atoms with van der Waals surface area (Å²) < 4.78 is 0. The summed E-state index contributed by atoms with van der Waals surface area (Å²) in [4.78, 5) is 6.35. The summed E-state index contributed by atoms with van der Waals surface area (Å²) in [6.07, 6.45) is 5.67. The summed E-state index contributed by atoms with van der Waals surface area (Å²) in [5.41, 5.74) is 4.30. The average molecular weight is 298 g/mol. The molecule has 0 unspecified atom stereocenters. The molecule has 2 aromatic rings. The lowest BCUT2D eigenvalue weighted by Crippen LogP contribution is -2.37. The number of hydrogen-bond donors (Lipinski definition) is 2. The number of aromatic nitrogens is 1. The first kappa shape index (κ1) is 14.3. The highest BCUT2D eigenvalue weighted by molar-refractivity contribution is 5.85. The molecule has 1 saturated heterocycles. The van der Waals surface area contributed by atoms with Crippen molar-refractivity contribution in [3.63, 3.8) is 0 Å². The largest absolute Gasteiger partial charge is 0.396 e. The summed E-state index contributed by atoms with van der Waals surface area (Å²) in [7, 11) is 0. The Kier molecular flexibility index (Phi) is 3.50. The van der Waals surface area contributed by atoms with Crippen LogP contribution in [0.2, 0.25) is 0 Å². The highest BCUT2D eigenvalue weighted by Gasteiger charge is 2.39. The van der Waals surface area contributed by atoms with Crippen LogP contribution < -0.4 is 0 Å². The van der Waals surface area contributed by atoms with Gasteiger partial charge >= 0.3 is 0 Å². The number of aliphatic hydroxyl groups is 1. The van der Waals surface area contributed by atoms with Crippen molar-refractivity contribution in [1.82, 2.24) is 9.88 Å². The first-order chi connectivity index (χ1) is 10.8. The molecule has 22 heavy (non-hydrogen) atoms. The number of aliphatic hydroxyl groups excluding tert-OH is 1. The van der Waals surface area contributed by atoms with E-state index < -0.39 is 0 Å². The van der Waals surface area contributed by atoms with Crippen molar-refractivity contribution in [2.45, 2.75) is 45.1 Å². The molecular formula is C19H26N2O. The topological polar surface area (TPSA) is 39.3 Å². The maximum absolute atomic E-state index is 10.0. The molecule has 1 aromatic heterocycles. The van der Waals surface area contributed by atoms with E-state index in [1.54, 1.807) is 0 Å². The van der Waals surface area contributed by atoms with Crippen molar-refractivity contribution in [1.29, 1.82) is 0 Å². The van der Waals surface area contributed by atoms with E-state index in [1.807, 2.05) is 0 Å². The number of H-pyrrole nitrogens is 1. The molecule has 0 bridgehead atoms. The lowest BCUT2D eigenvalue weighted by Gasteiger charge is -2.38. The molecule has 0 amide bonds. The Hall–Kier alpha value is -1.32. The fraction of sp³-hybridized carbons (Fsp3) is 0.579. The van der Waals surface area contributed by atoms with Crippen molar-refractivity contribution in [2.75, 3.05) is 19.7 Å². The summed E-state index contributed by atoms with van der Waals surface area (Å²) >= 11 is 0. The third kappa shape index (κ3) is 2.10. The predicted molar refractivity (Wildman–Crippen MR) is 90.0 cm³/mol. The van der Waals surface area contributed by atoms with Crippen molar-refractivity contribution in [3.05, 3.63) is 35.5 Å². The Morgan fingerprint density at radius 2 is 2.18 bits per heavy atom. The van der Waals surface area contributed by atoms with Gasteiger partial charge in [-0.15, -0.1) is 0 Å². The van der Waals surface area contributed by atoms with Gasteiger partial charge in [0.05, 0.1) is 6.04 Å². The second kappa shape index (κ2) is 5.39. The van der Waals surface area contributed by atoms with Gasteiger partial charge in [-0.1, -0.05) is 25.1 Å². The molecule has 1 fully saturated rings. The fourth-order valence-corrected chi connectivity index (χ4v) is 4.61. The molecule has 4 rings (SSSR count). The van der Waals surface area contributed by atoms with Crippen LogP contribution in [0.3, 0.4) is 0 Å². The number of para-hydroxylation sites is 1. The Labute approximate surface area is 132 Å². The fourth-order valence-electron chi connectivity index (χ4n) is 4.61. The van der Waals surface area contributed by atoms with Crippen molar-refractivity contribution in [3.8, 4) is 0 Å². The summed E-state index contributed by atoms with van der Waals surface area (Å²) in [6.45, 7) is 4.89. The van der Waals surface area contributed by atoms with Crippen LogP contribution in [0.5, 0.6) is 0 Å². The molecule has 2 aliphatic rings. The zero-order valence-corrected chi connectivity index (χ0v) is 13.4. The van der Waals surface area contributed by atoms with Gasteiger partial charge in [-0.2, -0.15) is 0 Å². The predicted octanol–water partition coefficient (Wildman–Crippen LogP) is 3.64. The van der Waals surface area contributed by atoms with Gasteiger partial charge in [-0.25, -0.2) is 0 Å². The van der Waals surface area contributed by atoms with Crippen LogP contribution >= 0.6 is 0 Å². The highest BCUT2D eigenvalue weighted by atomic mass is 16.3. The smallest absolute Gasteiger partial charge is 0.0507 e. The number of nitrogens with one attached hydrogen (secondary N) is 1. The number of hydrogen-bond acceptors (Lipinski definition) is 2. The average Bonchev–Trinajstić information content (AvgIpc) is 2.83. The van der Waals surface area contributed by atoms with Gasteiger partial charge in [-0.05, 0) is 55.7 Å². The summed E-state index contributed by atoms with van der Waals surface area (Å²) in [5, 5.41) is 11.4. The van der Waals surface area contributed by atoms with E-state index in [2.05, 4.69) is 41.1 Å². The maximum atomic E-state index is 10.0. The zero-order chi connectivity index (χ0) is 15.2. The minimum absolute atomic E-state index is 0.103. The second-order valence-corrected chi connectivity index (χ2v) is 7.18. The van der Waals surface area contributed by atoms with Gasteiger partial charge < -0.3 is 10.1 Å². The monoisotopic (exact) mass is 298 g/mol. The summed E-state index contributed by atoms with van der Waals surface area (Å²) in [5.74, 6) is 0. The van der Waals surface area contributed by atoms with Gasteiger partial charge in [0.2, 0.25) is 0 Å². The molecular weight excluding hydrogens is 272 g/mol. The van der Waals surface area contributed by atoms with E-state index in [0.29, 0.717) is 12.6 Å². The van der Waals surface area contributed by atoms with Crippen LogP contribution in [0.15, 0.2) is 24.3 Å². The van der Waals surface area contributed by atoms with Crippen molar-refractivity contribution < 1.29 is 5.11 Å². The van der Waals surface area contributed by atoms with Crippen molar-refractivity contribution in [2.24, 2.45) is 5.41 Å². The zero-order valence-electron chi connectivity index (χ0n) is 13.4. The van der Waals surface area contributed by atoms with Gasteiger partial charge in [0, 0.05) is 29.7 Å². The minimum atomic E-state index is 0.103. The molecule has 3 nitrogen and oxygen atoms in total. The third-order valence-electron chi connectivity index (χ3n) is 6.13. The van der Waals surface area contributed by atoms with Gasteiger partial charge in [-0.3, -0.25) is 4.90 Å². The van der Waals surface area contributed by atoms with E-state index in [9.17, 15) is 5.11 Å². The first-order valence-electron chi connectivity index (χ1n) is 8.71. The normalized spacial score (nSPS) is 29.1. The molecule has 2 atom stereocenters. The number of rotatable bonds is 2. The van der Waals surface area contributed by atoms with E-state index in [-0.39, 0.29) is 5.41 Å². The van der Waals surface area contributed by atoms with Gasteiger partial charge in [0.15, 0.2) is 0 Å². The standard InChI is InChI=1S/C19H26N2O/c1-2-19(13-22)9-5-10-21-11-8-15-14-6-3-4-7-16(14)20-18(15)17(21)12-19/h3-4,6-7,17,20,22H,2,5,8-13H2,1H3/t17-,19-/m0/s1. The Morgan fingerprint density at radius 1 is 1.32 bits per heavy atom. The molecule has 2 N–H and O–H groups in total. The van der Waals surface area contributed by atoms with Crippen LogP contribution in [-0.4, -0.2) is 34.7 Å². The quantitative estimate of drug-likeness (QED) is 0.888. The molecule has 0 aliphatic carbocycles. The molecule has 0 radical (unpaired) electrons. The molecule has 3 heterocycles. The Bertz CT molecular complexity index is 671. The number of benzene rings is 1. The molecule has 3 heteroatoms. The van der Waals surface area contributed by atoms with Gasteiger partial charge in [0.1, 0.15) is 0 Å². The second-order valence-electron chi connectivity index (χ2n) is 7.18. The SMILES string of the molecule is CC[C@]1(CO)CCCN2CCc3c([nH]c4ccccc34)[C@@H]2C1. The van der Waals surface area contributed by atoms with E-state index in [1.165, 1.54) is 35.1 Å². The molecule has 2 aliphatic heterocycles. The third-order valence-corrected chi connectivity index (χ3v) is 6.13. The molecule has 1 aromatic carbocycles. The number of nitrogens with zero attached hydrogens (tertiary/aromatic N) is 1. The van der Waals surface area contributed by atoms with Crippen LogP contribution in [0.1, 0.15) is 49.9 Å². The van der Waals surface area contributed by atoms with E-state index >= 15 is 0 Å². The Morgan fingerprint density at radius 3 is 3.00 bits per heavy atom. The minimum Gasteiger partial charge on any atom is -0.396 e. The summed E-state index contributed by atoms with van der Waals surface area (Å²) in [6, 6.07) is 9.13. The molecule has 118 valence electrons.